The van der Waals surface area contributed by atoms with Crippen molar-refractivity contribution in [1.29, 1.82) is 0 Å². The normalized spacial score (nSPS) is 17.1. The Bertz CT molecular complexity index is 408. The number of hydrogen-bond donors (Lipinski definition) is 1. The highest BCUT2D eigenvalue weighted by Gasteiger charge is 2.11. The fourth-order valence-corrected chi connectivity index (χ4v) is 2.58. The van der Waals surface area contributed by atoms with Gasteiger partial charge in [-0.1, -0.05) is 29.3 Å². The first-order chi connectivity index (χ1) is 9.15. The van der Waals surface area contributed by atoms with Gasteiger partial charge in [-0.3, -0.25) is 4.90 Å². The van der Waals surface area contributed by atoms with Crippen LogP contribution in [0.3, 0.4) is 0 Å². The molecule has 0 radical (unpaired) electrons. The van der Waals surface area contributed by atoms with Crippen LogP contribution >= 0.6 is 23.2 Å². The first kappa shape index (κ1) is 15.0. The lowest BCUT2D eigenvalue weighted by Gasteiger charge is -2.29. The Hall–Kier alpha value is -0.390. The smallest absolute Gasteiger partial charge is 0.135 e. The predicted molar refractivity (Wildman–Crippen MR) is 79.9 cm³/mol. The molecule has 1 aromatic rings. The lowest BCUT2D eigenvalue weighted by atomic mass is 10.2. The van der Waals surface area contributed by atoms with Gasteiger partial charge in [0.05, 0.1) is 0 Å². The van der Waals surface area contributed by atoms with Gasteiger partial charge in [-0.2, -0.15) is 0 Å². The van der Waals surface area contributed by atoms with Crippen molar-refractivity contribution >= 4 is 23.2 Å². The third kappa shape index (κ3) is 4.89. The van der Waals surface area contributed by atoms with Gasteiger partial charge in [-0.25, -0.2) is 4.98 Å². The van der Waals surface area contributed by atoms with Gasteiger partial charge in [0.15, 0.2) is 0 Å². The molecule has 106 valence electrons. The molecule has 2 heterocycles. The molecule has 0 unspecified atom stereocenters. The van der Waals surface area contributed by atoms with Gasteiger partial charge in [0.25, 0.3) is 0 Å². The van der Waals surface area contributed by atoms with Crippen LogP contribution in [0.4, 0.5) is 0 Å². The highest BCUT2D eigenvalue weighted by atomic mass is 35.5. The number of pyridine rings is 1. The van der Waals surface area contributed by atoms with E-state index in [0.717, 1.165) is 51.4 Å². The van der Waals surface area contributed by atoms with Crippen LogP contribution in [0.25, 0.3) is 0 Å². The summed E-state index contributed by atoms with van der Waals surface area (Å²) in [7, 11) is 2.10. The maximum Gasteiger partial charge on any atom is 0.135 e. The van der Waals surface area contributed by atoms with Crippen LogP contribution in [0.15, 0.2) is 12.1 Å². The number of nitrogens with zero attached hydrogens (tertiary/aromatic N) is 3. The minimum absolute atomic E-state index is 0.442. The predicted octanol–water partition coefficient (Wildman–Crippen LogP) is 1.73. The van der Waals surface area contributed by atoms with E-state index in [1.54, 1.807) is 6.07 Å². The summed E-state index contributed by atoms with van der Waals surface area (Å²) in [5, 5.41) is 4.30. The zero-order valence-corrected chi connectivity index (χ0v) is 12.7. The summed E-state index contributed by atoms with van der Waals surface area (Å²) in [4.78, 5) is 8.81. The Labute approximate surface area is 124 Å². The number of likely N-dealkylation sites (N-methyl/N-ethyl adjacent to an activating group) is 1. The molecule has 1 aliphatic rings. The Kier molecular flexibility index (Phi) is 5.85. The van der Waals surface area contributed by atoms with E-state index in [-0.39, 0.29) is 0 Å². The summed E-state index contributed by atoms with van der Waals surface area (Å²) in [6.07, 6.45) is 0. The van der Waals surface area contributed by atoms with Crippen LogP contribution in [-0.4, -0.2) is 61.1 Å². The fraction of sp³-hybridized carbons (Fsp3) is 0.615. The molecule has 0 bridgehead atoms. The molecule has 6 heteroatoms. The molecule has 19 heavy (non-hydrogen) atoms. The van der Waals surface area contributed by atoms with Crippen molar-refractivity contribution in [1.82, 2.24) is 20.1 Å². The van der Waals surface area contributed by atoms with E-state index in [2.05, 4.69) is 27.1 Å². The van der Waals surface area contributed by atoms with Crippen molar-refractivity contribution < 1.29 is 0 Å². The molecule has 1 aliphatic heterocycles. The van der Waals surface area contributed by atoms with Crippen LogP contribution in [-0.2, 0) is 6.54 Å². The van der Waals surface area contributed by atoms with Gasteiger partial charge in [0, 0.05) is 51.4 Å². The summed E-state index contributed by atoms with van der Waals surface area (Å²) >= 11 is 11.9. The minimum atomic E-state index is 0.442. The molecular formula is C13H20Cl2N4. The molecule has 0 atom stereocenters. The minimum Gasteiger partial charge on any atom is -0.314 e. The third-order valence-corrected chi connectivity index (χ3v) is 3.88. The standard InChI is InChI=1S/C13H20Cl2N4/c1-18(8-9-19-6-4-16-5-7-19)10-11-2-3-12(14)17-13(11)15/h2-3,16H,4-10H2,1H3. The largest absolute Gasteiger partial charge is 0.314 e. The molecule has 1 aromatic heterocycles. The van der Waals surface area contributed by atoms with Gasteiger partial charge in [0.2, 0.25) is 0 Å². The van der Waals surface area contributed by atoms with E-state index in [4.69, 9.17) is 23.2 Å². The molecule has 0 aliphatic carbocycles. The highest BCUT2D eigenvalue weighted by molar-refractivity contribution is 6.32. The van der Waals surface area contributed by atoms with E-state index in [1.165, 1.54) is 0 Å². The maximum absolute atomic E-state index is 6.08. The second-order valence-corrected chi connectivity index (χ2v) is 5.66. The molecule has 0 saturated carbocycles. The zero-order valence-electron chi connectivity index (χ0n) is 11.2. The van der Waals surface area contributed by atoms with E-state index in [9.17, 15) is 0 Å². The first-order valence-electron chi connectivity index (χ1n) is 6.57. The number of halogens is 2. The summed E-state index contributed by atoms with van der Waals surface area (Å²) in [6, 6.07) is 3.73. The van der Waals surface area contributed by atoms with E-state index >= 15 is 0 Å². The van der Waals surface area contributed by atoms with Crippen molar-refractivity contribution in [3.05, 3.63) is 28.0 Å². The number of aromatic nitrogens is 1. The zero-order chi connectivity index (χ0) is 13.7. The highest BCUT2D eigenvalue weighted by Crippen LogP contribution is 2.17. The molecule has 1 N–H and O–H groups in total. The SMILES string of the molecule is CN(CCN1CCNCC1)Cc1ccc(Cl)nc1Cl. The number of rotatable bonds is 5. The second-order valence-electron chi connectivity index (χ2n) is 4.91. The summed E-state index contributed by atoms with van der Waals surface area (Å²) in [6.45, 7) is 7.38. The Morgan fingerprint density at radius 3 is 2.74 bits per heavy atom. The monoisotopic (exact) mass is 302 g/mol. The lowest BCUT2D eigenvalue weighted by Crippen LogP contribution is -2.45. The average molecular weight is 303 g/mol. The lowest BCUT2D eigenvalue weighted by molar-refractivity contribution is 0.202. The van der Waals surface area contributed by atoms with Gasteiger partial charge >= 0.3 is 0 Å². The molecule has 0 aromatic carbocycles. The quantitative estimate of drug-likeness (QED) is 0.840. The summed E-state index contributed by atoms with van der Waals surface area (Å²) < 4.78 is 0. The third-order valence-electron chi connectivity index (χ3n) is 3.34. The second kappa shape index (κ2) is 7.41. The van der Waals surface area contributed by atoms with E-state index < -0.39 is 0 Å². The van der Waals surface area contributed by atoms with Crippen LogP contribution in [0.2, 0.25) is 10.3 Å². The van der Waals surface area contributed by atoms with Crippen molar-refractivity contribution in [2.75, 3.05) is 46.3 Å². The van der Waals surface area contributed by atoms with Gasteiger partial charge in [0.1, 0.15) is 10.3 Å². The topological polar surface area (TPSA) is 31.4 Å². The van der Waals surface area contributed by atoms with Crippen LogP contribution < -0.4 is 5.32 Å². The Morgan fingerprint density at radius 1 is 1.32 bits per heavy atom. The van der Waals surface area contributed by atoms with Crippen molar-refractivity contribution in [3.63, 3.8) is 0 Å². The fourth-order valence-electron chi connectivity index (χ4n) is 2.18. The van der Waals surface area contributed by atoms with Gasteiger partial charge in [-0.05, 0) is 13.1 Å². The van der Waals surface area contributed by atoms with E-state index in [1.807, 2.05) is 6.07 Å². The molecule has 0 spiro atoms. The van der Waals surface area contributed by atoms with Crippen LogP contribution in [0, 0.1) is 0 Å². The number of nitrogens with one attached hydrogen (secondary N) is 1. The van der Waals surface area contributed by atoms with Crippen molar-refractivity contribution in [2.45, 2.75) is 6.54 Å². The molecule has 1 fully saturated rings. The van der Waals surface area contributed by atoms with Crippen molar-refractivity contribution in [3.8, 4) is 0 Å². The van der Waals surface area contributed by atoms with E-state index in [0.29, 0.717) is 10.3 Å². The first-order valence-corrected chi connectivity index (χ1v) is 7.33. The number of piperazine rings is 1. The Morgan fingerprint density at radius 2 is 2.05 bits per heavy atom. The van der Waals surface area contributed by atoms with Crippen LogP contribution in [0.1, 0.15) is 5.56 Å². The van der Waals surface area contributed by atoms with Gasteiger partial charge in [-0.15, -0.1) is 0 Å². The summed E-state index contributed by atoms with van der Waals surface area (Å²) in [5.74, 6) is 0. The number of hydrogen-bond acceptors (Lipinski definition) is 4. The average Bonchev–Trinajstić information content (AvgIpc) is 2.41. The molecular weight excluding hydrogens is 283 g/mol. The molecule has 0 amide bonds. The van der Waals surface area contributed by atoms with Crippen LogP contribution in [0.5, 0.6) is 0 Å². The Balaban J connectivity index is 1.78. The maximum atomic E-state index is 6.08. The van der Waals surface area contributed by atoms with Crippen molar-refractivity contribution in [2.24, 2.45) is 0 Å². The molecule has 4 nitrogen and oxygen atoms in total. The summed E-state index contributed by atoms with van der Waals surface area (Å²) in [5.41, 5.74) is 1.02. The van der Waals surface area contributed by atoms with Gasteiger partial charge < -0.3 is 10.2 Å². The molecule has 2 rings (SSSR count). The molecule has 1 saturated heterocycles.